The molecule has 0 aliphatic heterocycles. The fourth-order valence-electron chi connectivity index (χ4n) is 1.31. The SMILES string of the molecule is COc1nc(Cl)nc(NC(C)c2nc(C)cs2)n1. The molecule has 96 valence electrons. The van der Waals surface area contributed by atoms with Gasteiger partial charge in [-0.15, -0.1) is 11.3 Å². The fraction of sp³-hybridized carbons (Fsp3) is 0.400. The van der Waals surface area contributed by atoms with Gasteiger partial charge in [-0.2, -0.15) is 15.0 Å². The molecule has 0 aliphatic rings. The van der Waals surface area contributed by atoms with Crippen molar-refractivity contribution in [2.75, 3.05) is 12.4 Å². The first-order valence-electron chi connectivity index (χ1n) is 5.22. The Kier molecular flexibility index (Phi) is 3.93. The first-order valence-corrected chi connectivity index (χ1v) is 6.48. The van der Waals surface area contributed by atoms with E-state index in [2.05, 4.69) is 25.3 Å². The third kappa shape index (κ3) is 3.05. The molecular formula is C10H12ClN5OS. The van der Waals surface area contributed by atoms with Crippen molar-refractivity contribution in [3.63, 3.8) is 0 Å². The number of methoxy groups -OCH3 is 1. The summed E-state index contributed by atoms with van der Waals surface area (Å²) in [5, 5.41) is 6.15. The zero-order chi connectivity index (χ0) is 13.1. The third-order valence-corrected chi connectivity index (χ3v) is 3.44. The molecule has 0 bridgehead atoms. The number of anilines is 1. The van der Waals surface area contributed by atoms with Crippen molar-refractivity contribution in [3.05, 3.63) is 21.4 Å². The number of hydrogen-bond acceptors (Lipinski definition) is 7. The van der Waals surface area contributed by atoms with Crippen LogP contribution >= 0.6 is 22.9 Å². The van der Waals surface area contributed by atoms with Crippen molar-refractivity contribution in [1.29, 1.82) is 0 Å². The van der Waals surface area contributed by atoms with E-state index in [0.717, 1.165) is 10.7 Å². The summed E-state index contributed by atoms with van der Waals surface area (Å²) in [6.07, 6.45) is 0. The highest BCUT2D eigenvalue weighted by Crippen LogP contribution is 2.21. The maximum atomic E-state index is 5.77. The van der Waals surface area contributed by atoms with Gasteiger partial charge in [0.2, 0.25) is 11.2 Å². The molecule has 2 rings (SSSR count). The second kappa shape index (κ2) is 5.45. The zero-order valence-corrected chi connectivity index (χ0v) is 11.7. The molecule has 1 unspecified atom stereocenters. The van der Waals surface area contributed by atoms with Crippen LogP contribution in [0.4, 0.5) is 5.95 Å². The monoisotopic (exact) mass is 285 g/mol. The van der Waals surface area contributed by atoms with Crippen LogP contribution in [0.5, 0.6) is 6.01 Å². The minimum absolute atomic E-state index is 0.00753. The van der Waals surface area contributed by atoms with Gasteiger partial charge >= 0.3 is 6.01 Å². The molecule has 0 fully saturated rings. The van der Waals surface area contributed by atoms with E-state index in [4.69, 9.17) is 16.3 Å². The molecular weight excluding hydrogens is 274 g/mol. The summed E-state index contributed by atoms with van der Waals surface area (Å²) >= 11 is 7.35. The zero-order valence-electron chi connectivity index (χ0n) is 10.1. The van der Waals surface area contributed by atoms with Crippen LogP contribution in [-0.4, -0.2) is 27.0 Å². The van der Waals surface area contributed by atoms with Gasteiger partial charge in [0.15, 0.2) is 0 Å². The quantitative estimate of drug-likeness (QED) is 0.930. The topological polar surface area (TPSA) is 72.8 Å². The van der Waals surface area contributed by atoms with Crippen LogP contribution in [-0.2, 0) is 0 Å². The van der Waals surface area contributed by atoms with Crippen molar-refractivity contribution in [2.45, 2.75) is 19.9 Å². The second-order valence-electron chi connectivity index (χ2n) is 3.61. The van der Waals surface area contributed by atoms with Crippen molar-refractivity contribution in [2.24, 2.45) is 0 Å². The van der Waals surface area contributed by atoms with E-state index in [9.17, 15) is 0 Å². The molecule has 0 saturated heterocycles. The summed E-state index contributed by atoms with van der Waals surface area (Å²) in [7, 11) is 1.48. The van der Waals surface area contributed by atoms with E-state index in [1.54, 1.807) is 11.3 Å². The fourth-order valence-corrected chi connectivity index (χ4v) is 2.27. The number of halogens is 1. The van der Waals surface area contributed by atoms with Crippen LogP contribution < -0.4 is 10.1 Å². The summed E-state index contributed by atoms with van der Waals surface area (Å²) < 4.78 is 4.93. The van der Waals surface area contributed by atoms with Crippen molar-refractivity contribution in [1.82, 2.24) is 19.9 Å². The summed E-state index contributed by atoms with van der Waals surface area (Å²) in [6, 6.07) is 0.173. The first kappa shape index (κ1) is 13.0. The molecule has 6 nitrogen and oxygen atoms in total. The predicted octanol–water partition coefficient (Wildman–Crippen LogP) is 2.47. The van der Waals surface area contributed by atoms with E-state index in [0.29, 0.717) is 5.95 Å². The molecule has 0 saturated carbocycles. The number of nitrogens with zero attached hydrogens (tertiary/aromatic N) is 4. The van der Waals surface area contributed by atoms with Gasteiger partial charge < -0.3 is 10.1 Å². The van der Waals surface area contributed by atoms with Gasteiger partial charge in [0.25, 0.3) is 0 Å². The summed E-state index contributed by atoms with van der Waals surface area (Å²) in [5.74, 6) is 0.368. The summed E-state index contributed by atoms with van der Waals surface area (Å²) in [6.45, 7) is 3.93. The van der Waals surface area contributed by atoms with Gasteiger partial charge in [-0.25, -0.2) is 4.98 Å². The van der Waals surface area contributed by atoms with Gasteiger partial charge in [0, 0.05) is 11.1 Å². The average Bonchev–Trinajstić information content (AvgIpc) is 2.75. The highest BCUT2D eigenvalue weighted by Gasteiger charge is 2.12. The minimum atomic E-state index is -0.00753. The Hall–Kier alpha value is -1.47. The number of thiazole rings is 1. The molecule has 0 aromatic carbocycles. The molecule has 0 spiro atoms. The van der Waals surface area contributed by atoms with Gasteiger partial charge in [-0.05, 0) is 25.4 Å². The largest absolute Gasteiger partial charge is 0.467 e. The van der Waals surface area contributed by atoms with Crippen LogP contribution in [0.25, 0.3) is 0 Å². The molecule has 2 aromatic heterocycles. The lowest BCUT2D eigenvalue weighted by atomic mass is 10.3. The number of ether oxygens (including phenoxy) is 1. The Balaban J connectivity index is 2.16. The summed E-state index contributed by atoms with van der Waals surface area (Å²) in [5.41, 5.74) is 0.995. The predicted molar refractivity (Wildman–Crippen MR) is 70.3 cm³/mol. The molecule has 2 heterocycles. The third-order valence-electron chi connectivity index (χ3n) is 2.12. The van der Waals surface area contributed by atoms with E-state index in [-0.39, 0.29) is 17.3 Å². The van der Waals surface area contributed by atoms with E-state index in [1.807, 2.05) is 19.2 Å². The molecule has 0 aliphatic carbocycles. The average molecular weight is 286 g/mol. The van der Waals surface area contributed by atoms with Gasteiger partial charge in [0.1, 0.15) is 5.01 Å². The van der Waals surface area contributed by atoms with Gasteiger partial charge in [-0.3, -0.25) is 0 Å². The van der Waals surface area contributed by atoms with Crippen molar-refractivity contribution >= 4 is 28.9 Å². The van der Waals surface area contributed by atoms with Crippen molar-refractivity contribution in [3.8, 4) is 6.01 Å². The standard InChI is InChI=1S/C10H12ClN5OS/c1-5-4-18-7(12-5)6(2)13-9-14-8(11)15-10(16-9)17-3/h4,6H,1-3H3,(H,13,14,15,16). The maximum Gasteiger partial charge on any atom is 0.322 e. The van der Waals surface area contributed by atoms with E-state index >= 15 is 0 Å². The lowest BCUT2D eigenvalue weighted by Gasteiger charge is -2.11. The van der Waals surface area contributed by atoms with Crippen LogP contribution in [0.1, 0.15) is 23.7 Å². The number of hydrogen-bond donors (Lipinski definition) is 1. The second-order valence-corrected chi connectivity index (χ2v) is 4.84. The van der Waals surface area contributed by atoms with Gasteiger partial charge in [0.05, 0.1) is 13.2 Å². The van der Waals surface area contributed by atoms with Crippen molar-refractivity contribution < 1.29 is 4.74 Å². The minimum Gasteiger partial charge on any atom is -0.467 e. The highest BCUT2D eigenvalue weighted by atomic mass is 35.5. The Morgan fingerprint density at radius 2 is 2.11 bits per heavy atom. The highest BCUT2D eigenvalue weighted by molar-refractivity contribution is 7.09. The molecule has 2 aromatic rings. The molecule has 1 atom stereocenters. The number of aryl methyl sites for hydroxylation is 1. The molecule has 18 heavy (non-hydrogen) atoms. The van der Waals surface area contributed by atoms with Crippen LogP contribution in [0.3, 0.4) is 0 Å². The van der Waals surface area contributed by atoms with Gasteiger partial charge in [-0.1, -0.05) is 0 Å². The Labute approximate surface area is 113 Å². The smallest absolute Gasteiger partial charge is 0.322 e. The first-order chi connectivity index (χ1) is 8.58. The van der Waals surface area contributed by atoms with Crippen LogP contribution in [0.15, 0.2) is 5.38 Å². The number of aromatic nitrogens is 4. The lowest BCUT2D eigenvalue weighted by molar-refractivity contribution is 0.378. The Morgan fingerprint density at radius 3 is 2.72 bits per heavy atom. The summed E-state index contributed by atoms with van der Waals surface area (Å²) in [4.78, 5) is 16.2. The lowest BCUT2D eigenvalue weighted by Crippen LogP contribution is -2.10. The molecule has 0 radical (unpaired) electrons. The Bertz CT molecular complexity index is 547. The molecule has 0 amide bonds. The van der Waals surface area contributed by atoms with E-state index in [1.165, 1.54) is 7.11 Å². The maximum absolute atomic E-state index is 5.77. The van der Waals surface area contributed by atoms with E-state index < -0.39 is 0 Å². The Morgan fingerprint density at radius 1 is 1.33 bits per heavy atom. The molecule has 1 N–H and O–H groups in total. The normalized spacial score (nSPS) is 12.2. The van der Waals surface area contributed by atoms with Crippen LogP contribution in [0.2, 0.25) is 5.28 Å². The molecule has 8 heteroatoms. The number of nitrogens with one attached hydrogen (secondary N) is 1. The van der Waals surface area contributed by atoms with Crippen LogP contribution in [0, 0.1) is 6.92 Å². The number of rotatable bonds is 4.